The van der Waals surface area contributed by atoms with Gasteiger partial charge in [0.05, 0.1) is 0 Å². The first-order chi connectivity index (χ1) is 8.91. The van der Waals surface area contributed by atoms with Crippen LogP contribution in [0.1, 0.15) is 60.3 Å². The maximum Gasteiger partial charge on any atom is 0.248 e. The van der Waals surface area contributed by atoms with E-state index in [2.05, 4.69) is 26.1 Å². The molecule has 2 unspecified atom stereocenters. The van der Waals surface area contributed by atoms with Crippen LogP contribution in [0.15, 0.2) is 0 Å². The molecule has 1 fully saturated rings. The Labute approximate surface area is 116 Å². The first-order valence-electron chi connectivity index (χ1n) is 7.53. The van der Waals surface area contributed by atoms with Crippen LogP contribution in [0.3, 0.4) is 0 Å². The number of nitrogens with one attached hydrogen (secondary N) is 1. The van der Waals surface area contributed by atoms with Crippen LogP contribution in [0.5, 0.6) is 0 Å². The normalized spacial score (nSPS) is 22.7. The van der Waals surface area contributed by atoms with Crippen molar-refractivity contribution in [1.29, 1.82) is 0 Å². The standard InChI is InChI=1S/C15H28N2O2/c1-6-11(4)12(5)17-10-9-13(18)16-15(7-2,8-3)14(17)19/h11-12H,6-10H2,1-5H3,(H,16,18). The fraction of sp³-hybridized carbons (Fsp3) is 0.867. The van der Waals surface area contributed by atoms with Crippen LogP contribution in [0.2, 0.25) is 0 Å². The highest BCUT2D eigenvalue weighted by Gasteiger charge is 2.43. The molecular weight excluding hydrogens is 240 g/mol. The number of carbonyl (C=O) groups is 2. The van der Waals surface area contributed by atoms with Gasteiger partial charge in [-0.15, -0.1) is 0 Å². The lowest BCUT2D eigenvalue weighted by Crippen LogP contribution is -2.58. The molecule has 0 aromatic rings. The monoisotopic (exact) mass is 268 g/mol. The SMILES string of the molecule is CCC(C)C(C)N1CCC(=O)NC(CC)(CC)C1=O. The Hall–Kier alpha value is -1.06. The van der Waals surface area contributed by atoms with Crippen molar-refractivity contribution >= 4 is 11.8 Å². The lowest BCUT2D eigenvalue weighted by atomic mass is 9.89. The van der Waals surface area contributed by atoms with Crippen LogP contribution < -0.4 is 5.32 Å². The highest BCUT2D eigenvalue weighted by molar-refractivity contribution is 5.93. The first kappa shape index (κ1) is 16.0. The molecule has 4 nitrogen and oxygen atoms in total. The summed E-state index contributed by atoms with van der Waals surface area (Å²) in [6, 6.07) is 0.183. The Kier molecular flexibility index (Phi) is 5.39. The van der Waals surface area contributed by atoms with E-state index < -0.39 is 5.54 Å². The van der Waals surface area contributed by atoms with E-state index in [1.165, 1.54) is 0 Å². The molecule has 19 heavy (non-hydrogen) atoms. The van der Waals surface area contributed by atoms with Crippen LogP contribution >= 0.6 is 0 Å². The molecule has 2 atom stereocenters. The lowest BCUT2D eigenvalue weighted by Gasteiger charge is -2.38. The topological polar surface area (TPSA) is 49.4 Å². The Balaban J connectivity index is 3.05. The van der Waals surface area contributed by atoms with Crippen molar-refractivity contribution in [3.05, 3.63) is 0 Å². The Morgan fingerprint density at radius 2 is 1.79 bits per heavy atom. The van der Waals surface area contributed by atoms with Gasteiger partial charge in [-0.25, -0.2) is 0 Å². The minimum absolute atomic E-state index is 0.00379. The molecule has 0 aromatic carbocycles. The van der Waals surface area contributed by atoms with Gasteiger partial charge in [0, 0.05) is 19.0 Å². The van der Waals surface area contributed by atoms with Gasteiger partial charge in [0.25, 0.3) is 0 Å². The molecule has 1 rings (SSSR count). The lowest BCUT2D eigenvalue weighted by molar-refractivity contribution is -0.141. The Bertz CT molecular complexity index is 337. The summed E-state index contributed by atoms with van der Waals surface area (Å²) in [5.74, 6) is 0.538. The van der Waals surface area contributed by atoms with Gasteiger partial charge in [-0.1, -0.05) is 34.1 Å². The van der Waals surface area contributed by atoms with Crippen LogP contribution in [0, 0.1) is 5.92 Å². The zero-order valence-electron chi connectivity index (χ0n) is 13.0. The zero-order valence-corrected chi connectivity index (χ0v) is 13.0. The number of hydrogen-bond acceptors (Lipinski definition) is 2. The van der Waals surface area contributed by atoms with E-state index in [-0.39, 0.29) is 17.9 Å². The fourth-order valence-corrected chi connectivity index (χ4v) is 2.75. The molecule has 0 radical (unpaired) electrons. The second-order valence-corrected chi connectivity index (χ2v) is 5.71. The molecule has 1 aliphatic rings. The Morgan fingerprint density at radius 1 is 1.21 bits per heavy atom. The van der Waals surface area contributed by atoms with Crippen molar-refractivity contribution in [2.24, 2.45) is 5.92 Å². The molecule has 110 valence electrons. The second kappa shape index (κ2) is 6.40. The average Bonchev–Trinajstić information content (AvgIpc) is 2.55. The first-order valence-corrected chi connectivity index (χ1v) is 7.53. The van der Waals surface area contributed by atoms with E-state index in [0.29, 0.717) is 31.7 Å². The van der Waals surface area contributed by atoms with E-state index >= 15 is 0 Å². The third kappa shape index (κ3) is 3.10. The quantitative estimate of drug-likeness (QED) is 0.832. The van der Waals surface area contributed by atoms with Crippen molar-refractivity contribution in [1.82, 2.24) is 10.2 Å². The van der Waals surface area contributed by atoms with Crippen molar-refractivity contribution in [2.45, 2.75) is 71.9 Å². The van der Waals surface area contributed by atoms with Crippen LogP contribution in [0.25, 0.3) is 0 Å². The molecular formula is C15H28N2O2. The third-order valence-corrected chi connectivity index (χ3v) is 4.79. The molecule has 1 N–H and O–H groups in total. The summed E-state index contributed by atoms with van der Waals surface area (Å²) in [6.07, 6.45) is 2.75. The largest absolute Gasteiger partial charge is 0.342 e. The summed E-state index contributed by atoms with van der Waals surface area (Å²) < 4.78 is 0. The van der Waals surface area contributed by atoms with E-state index in [0.717, 1.165) is 6.42 Å². The zero-order chi connectivity index (χ0) is 14.6. The van der Waals surface area contributed by atoms with Gasteiger partial charge in [-0.2, -0.15) is 0 Å². The Morgan fingerprint density at radius 3 is 2.26 bits per heavy atom. The van der Waals surface area contributed by atoms with Gasteiger partial charge in [0.1, 0.15) is 5.54 Å². The number of hydrogen-bond donors (Lipinski definition) is 1. The molecule has 1 heterocycles. The fourth-order valence-electron chi connectivity index (χ4n) is 2.75. The third-order valence-electron chi connectivity index (χ3n) is 4.79. The van der Waals surface area contributed by atoms with Crippen LogP contribution in [-0.2, 0) is 9.59 Å². The molecule has 2 amide bonds. The van der Waals surface area contributed by atoms with Gasteiger partial charge in [-0.3, -0.25) is 9.59 Å². The summed E-state index contributed by atoms with van der Waals surface area (Å²) >= 11 is 0. The number of carbonyl (C=O) groups excluding carboxylic acids is 2. The minimum Gasteiger partial charge on any atom is -0.342 e. The van der Waals surface area contributed by atoms with Crippen LogP contribution in [-0.4, -0.2) is 34.8 Å². The van der Waals surface area contributed by atoms with Gasteiger partial charge < -0.3 is 10.2 Å². The highest BCUT2D eigenvalue weighted by Crippen LogP contribution is 2.25. The summed E-state index contributed by atoms with van der Waals surface area (Å²) in [5.41, 5.74) is -0.699. The molecule has 0 bridgehead atoms. The molecule has 0 aromatic heterocycles. The highest BCUT2D eigenvalue weighted by atomic mass is 16.2. The van der Waals surface area contributed by atoms with Gasteiger partial charge in [0.15, 0.2) is 0 Å². The molecule has 4 heteroatoms. The number of amides is 2. The minimum atomic E-state index is -0.699. The van der Waals surface area contributed by atoms with E-state index in [1.54, 1.807) is 0 Å². The van der Waals surface area contributed by atoms with E-state index in [4.69, 9.17) is 0 Å². The van der Waals surface area contributed by atoms with Crippen molar-refractivity contribution < 1.29 is 9.59 Å². The molecule has 0 spiro atoms. The van der Waals surface area contributed by atoms with Crippen molar-refractivity contribution in [2.75, 3.05) is 6.54 Å². The van der Waals surface area contributed by atoms with E-state index in [1.807, 2.05) is 18.7 Å². The maximum absolute atomic E-state index is 12.8. The predicted octanol–water partition coefficient (Wildman–Crippen LogP) is 2.33. The van der Waals surface area contributed by atoms with E-state index in [9.17, 15) is 9.59 Å². The predicted molar refractivity (Wildman–Crippen MR) is 76.7 cm³/mol. The molecule has 0 saturated carbocycles. The molecule has 1 aliphatic heterocycles. The molecule has 0 aliphatic carbocycles. The average molecular weight is 268 g/mol. The van der Waals surface area contributed by atoms with Crippen molar-refractivity contribution in [3.63, 3.8) is 0 Å². The number of rotatable bonds is 5. The van der Waals surface area contributed by atoms with Gasteiger partial charge >= 0.3 is 0 Å². The van der Waals surface area contributed by atoms with Gasteiger partial charge in [0.2, 0.25) is 11.8 Å². The van der Waals surface area contributed by atoms with Crippen molar-refractivity contribution in [3.8, 4) is 0 Å². The maximum atomic E-state index is 12.8. The second-order valence-electron chi connectivity index (χ2n) is 5.71. The van der Waals surface area contributed by atoms with Crippen LogP contribution in [0.4, 0.5) is 0 Å². The molecule has 1 saturated heterocycles. The summed E-state index contributed by atoms with van der Waals surface area (Å²) in [6.45, 7) is 10.9. The summed E-state index contributed by atoms with van der Waals surface area (Å²) in [7, 11) is 0. The van der Waals surface area contributed by atoms with Gasteiger partial charge in [-0.05, 0) is 25.7 Å². The smallest absolute Gasteiger partial charge is 0.248 e. The summed E-state index contributed by atoms with van der Waals surface area (Å²) in [4.78, 5) is 26.6. The summed E-state index contributed by atoms with van der Waals surface area (Å²) in [5, 5.41) is 2.95. The number of nitrogens with zero attached hydrogens (tertiary/aromatic N) is 1.